The molecular formula is C14H16FNOS. The molecule has 0 bridgehead atoms. The van der Waals surface area contributed by atoms with Crippen molar-refractivity contribution in [3.63, 3.8) is 0 Å². The molecule has 1 aromatic carbocycles. The lowest BCUT2D eigenvalue weighted by Gasteiger charge is -2.08. The van der Waals surface area contributed by atoms with Crippen molar-refractivity contribution >= 4 is 11.3 Å². The quantitative estimate of drug-likeness (QED) is 0.897. The van der Waals surface area contributed by atoms with Crippen LogP contribution in [0, 0.1) is 11.7 Å². The number of aromatic nitrogens is 1. The van der Waals surface area contributed by atoms with Gasteiger partial charge in [-0.1, -0.05) is 25.5 Å². The Balaban J connectivity index is 2.18. The summed E-state index contributed by atoms with van der Waals surface area (Å²) in [7, 11) is 0. The van der Waals surface area contributed by atoms with E-state index in [2.05, 4.69) is 4.98 Å². The third-order valence-electron chi connectivity index (χ3n) is 3.00. The van der Waals surface area contributed by atoms with Gasteiger partial charge in [0, 0.05) is 24.0 Å². The van der Waals surface area contributed by atoms with Crippen LogP contribution in [-0.2, 0) is 6.42 Å². The lowest BCUT2D eigenvalue weighted by atomic mass is 10.0. The van der Waals surface area contributed by atoms with E-state index < -0.39 is 0 Å². The predicted molar refractivity (Wildman–Crippen MR) is 72.1 cm³/mol. The second kappa shape index (κ2) is 6.07. The van der Waals surface area contributed by atoms with Gasteiger partial charge in [0.05, 0.1) is 10.7 Å². The molecule has 0 saturated heterocycles. The summed E-state index contributed by atoms with van der Waals surface area (Å²) in [5.41, 5.74) is 1.22. The molecule has 1 aromatic heterocycles. The first-order valence-corrected chi connectivity index (χ1v) is 6.92. The normalized spacial score (nSPS) is 12.6. The molecule has 1 atom stereocenters. The molecule has 0 fully saturated rings. The fraction of sp³-hybridized carbons (Fsp3) is 0.357. The van der Waals surface area contributed by atoms with Crippen LogP contribution in [0.1, 0.15) is 18.4 Å². The van der Waals surface area contributed by atoms with Crippen molar-refractivity contribution in [3.8, 4) is 11.3 Å². The van der Waals surface area contributed by atoms with Crippen molar-refractivity contribution in [1.29, 1.82) is 0 Å². The zero-order valence-electron chi connectivity index (χ0n) is 10.3. The Labute approximate surface area is 110 Å². The van der Waals surface area contributed by atoms with Crippen molar-refractivity contribution in [2.75, 3.05) is 6.61 Å². The van der Waals surface area contributed by atoms with Crippen molar-refractivity contribution in [2.24, 2.45) is 5.92 Å². The standard InChI is InChI=1S/C14H16FNOS/c1-2-10(8-17)7-14-16-13(9-18-14)11-5-3-4-6-12(11)15/h3-6,9-10,17H,2,7-8H2,1H3. The number of hydrogen-bond donors (Lipinski definition) is 1. The van der Waals surface area contributed by atoms with Crippen molar-refractivity contribution in [1.82, 2.24) is 4.98 Å². The summed E-state index contributed by atoms with van der Waals surface area (Å²) in [5.74, 6) is -0.00632. The lowest BCUT2D eigenvalue weighted by Crippen LogP contribution is -2.07. The summed E-state index contributed by atoms with van der Waals surface area (Å²) >= 11 is 1.52. The van der Waals surface area contributed by atoms with Gasteiger partial charge in [-0.15, -0.1) is 11.3 Å². The second-order valence-electron chi connectivity index (χ2n) is 4.27. The van der Waals surface area contributed by atoms with E-state index in [4.69, 9.17) is 0 Å². The Morgan fingerprint density at radius 3 is 2.83 bits per heavy atom. The number of aliphatic hydroxyl groups excluding tert-OH is 1. The summed E-state index contributed by atoms with van der Waals surface area (Å²) in [6.45, 7) is 2.22. The molecule has 0 saturated carbocycles. The Bertz CT molecular complexity index is 508. The summed E-state index contributed by atoms with van der Waals surface area (Å²) < 4.78 is 13.6. The van der Waals surface area contributed by atoms with E-state index in [-0.39, 0.29) is 18.3 Å². The average molecular weight is 265 g/mol. The number of rotatable bonds is 5. The first-order valence-electron chi connectivity index (χ1n) is 6.04. The highest BCUT2D eigenvalue weighted by Crippen LogP contribution is 2.25. The highest BCUT2D eigenvalue weighted by Gasteiger charge is 2.12. The Kier molecular flexibility index (Phi) is 4.44. The summed E-state index contributed by atoms with van der Waals surface area (Å²) in [4.78, 5) is 4.44. The number of benzene rings is 1. The first kappa shape index (κ1) is 13.2. The van der Waals surface area contributed by atoms with Crippen LogP contribution in [0.3, 0.4) is 0 Å². The summed E-state index contributed by atoms with van der Waals surface area (Å²) in [6.07, 6.45) is 1.68. The van der Waals surface area contributed by atoms with Crippen LogP contribution in [0.15, 0.2) is 29.6 Å². The van der Waals surface area contributed by atoms with Gasteiger partial charge in [0.15, 0.2) is 0 Å². The molecule has 18 heavy (non-hydrogen) atoms. The number of halogens is 1. The number of hydrogen-bond acceptors (Lipinski definition) is 3. The molecule has 0 aliphatic carbocycles. The van der Waals surface area contributed by atoms with Crippen LogP contribution in [0.25, 0.3) is 11.3 Å². The van der Waals surface area contributed by atoms with Crippen molar-refractivity contribution in [2.45, 2.75) is 19.8 Å². The van der Waals surface area contributed by atoms with Gasteiger partial charge in [0.2, 0.25) is 0 Å². The van der Waals surface area contributed by atoms with Gasteiger partial charge >= 0.3 is 0 Å². The van der Waals surface area contributed by atoms with Crippen molar-refractivity contribution in [3.05, 3.63) is 40.5 Å². The number of thiazole rings is 1. The third kappa shape index (κ3) is 2.94. The van der Waals surface area contributed by atoms with E-state index in [0.717, 1.165) is 17.8 Å². The fourth-order valence-electron chi connectivity index (χ4n) is 1.78. The van der Waals surface area contributed by atoms with E-state index in [1.807, 2.05) is 12.3 Å². The molecule has 0 amide bonds. The minimum absolute atomic E-state index is 0.172. The van der Waals surface area contributed by atoms with E-state index in [1.54, 1.807) is 18.2 Å². The van der Waals surface area contributed by atoms with Gasteiger partial charge < -0.3 is 5.11 Å². The molecule has 0 aliphatic rings. The molecule has 0 aliphatic heterocycles. The molecule has 2 aromatic rings. The molecule has 0 radical (unpaired) electrons. The molecule has 96 valence electrons. The lowest BCUT2D eigenvalue weighted by molar-refractivity contribution is 0.222. The molecule has 4 heteroatoms. The predicted octanol–water partition coefficient (Wildman–Crippen LogP) is 3.51. The van der Waals surface area contributed by atoms with E-state index in [0.29, 0.717) is 11.3 Å². The van der Waals surface area contributed by atoms with Crippen LogP contribution < -0.4 is 0 Å². The minimum Gasteiger partial charge on any atom is -0.396 e. The van der Waals surface area contributed by atoms with Crippen LogP contribution >= 0.6 is 11.3 Å². The number of nitrogens with zero attached hydrogens (tertiary/aromatic N) is 1. The molecule has 2 rings (SSSR count). The van der Waals surface area contributed by atoms with Crippen LogP contribution in [0.4, 0.5) is 4.39 Å². The van der Waals surface area contributed by atoms with Gasteiger partial charge in [-0.25, -0.2) is 9.37 Å². The second-order valence-corrected chi connectivity index (χ2v) is 5.21. The highest BCUT2D eigenvalue weighted by atomic mass is 32.1. The van der Waals surface area contributed by atoms with Gasteiger partial charge in [0.25, 0.3) is 0 Å². The zero-order valence-corrected chi connectivity index (χ0v) is 11.1. The molecule has 1 N–H and O–H groups in total. The maximum absolute atomic E-state index is 13.6. The Hall–Kier alpha value is -1.26. The fourth-order valence-corrected chi connectivity index (χ4v) is 2.69. The Morgan fingerprint density at radius 1 is 1.39 bits per heavy atom. The highest BCUT2D eigenvalue weighted by molar-refractivity contribution is 7.09. The molecule has 0 spiro atoms. The molecular weight excluding hydrogens is 249 g/mol. The average Bonchev–Trinajstić information content (AvgIpc) is 2.85. The van der Waals surface area contributed by atoms with E-state index in [9.17, 15) is 9.50 Å². The maximum atomic E-state index is 13.6. The van der Waals surface area contributed by atoms with Crippen LogP contribution in [0.5, 0.6) is 0 Å². The maximum Gasteiger partial charge on any atom is 0.132 e. The smallest absolute Gasteiger partial charge is 0.132 e. The van der Waals surface area contributed by atoms with Crippen LogP contribution in [-0.4, -0.2) is 16.7 Å². The molecule has 1 unspecified atom stereocenters. The largest absolute Gasteiger partial charge is 0.396 e. The first-order chi connectivity index (χ1) is 8.74. The van der Waals surface area contributed by atoms with Gasteiger partial charge in [-0.3, -0.25) is 0 Å². The van der Waals surface area contributed by atoms with Crippen LogP contribution in [0.2, 0.25) is 0 Å². The molecule has 2 nitrogen and oxygen atoms in total. The third-order valence-corrected chi connectivity index (χ3v) is 3.87. The van der Waals surface area contributed by atoms with E-state index in [1.165, 1.54) is 17.4 Å². The SMILES string of the molecule is CCC(CO)Cc1nc(-c2ccccc2F)cs1. The topological polar surface area (TPSA) is 33.1 Å². The summed E-state index contributed by atoms with van der Waals surface area (Å²) in [5, 5.41) is 12.0. The number of aliphatic hydroxyl groups is 1. The van der Waals surface area contributed by atoms with Gasteiger partial charge in [-0.05, 0) is 18.1 Å². The van der Waals surface area contributed by atoms with Gasteiger partial charge in [0.1, 0.15) is 5.82 Å². The Morgan fingerprint density at radius 2 is 2.17 bits per heavy atom. The minimum atomic E-state index is -0.247. The zero-order chi connectivity index (χ0) is 13.0. The summed E-state index contributed by atoms with van der Waals surface area (Å²) in [6, 6.07) is 6.65. The van der Waals surface area contributed by atoms with Crippen molar-refractivity contribution < 1.29 is 9.50 Å². The monoisotopic (exact) mass is 265 g/mol. The van der Waals surface area contributed by atoms with Gasteiger partial charge in [-0.2, -0.15) is 0 Å². The molecule has 1 heterocycles. The van der Waals surface area contributed by atoms with E-state index >= 15 is 0 Å².